The van der Waals surface area contributed by atoms with Crippen LogP contribution in [-0.4, -0.2) is 87.4 Å². The minimum absolute atomic E-state index is 0.181. The van der Waals surface area contributed by atoms with E-state index in [1.807, 2.05) is 21.1 Å². The maximum Gasteiger partial charge on any atom is 0.361 e. The molecule has 0 heterocycles. The lowest BCUT2D eigenvalue weighted by Crippen LogP contribution is -2.40. The Morgan fingerprint density at radius 1 is 0.419 bits per heavy atom. The molecule has 2 atom stereocenters. The predicted molar refractivity (Wildman–Crippen MR) is 313 cm³/mol. The number of likely N-dealkylation sites (N-methyl/N-ethyl adjacent to an activating group) is 1. The van der Waals surface area contributed by atoms with Gasteiger partial charge in [0.25, 0.3) is 6.29 Å². The number of carbonyl (C=O) groups is 3. The van der Waals surface area contributed by atoms with Crippen molar-refractivity contribution in [2.24, 2.45) is 0 Å². The van der Waals surface area contributed by atoms with Crippen LogP contribution in [0.15, 0.2) is 109 Å². The molecule has 0 spiro atoms. The quantitative estimate of drug-likeness (QED) is 0.0211. The lowest BCUT2D eigenvalue weighted by atomic mass is 10.0. The van der Waals surface area contributed by atoms with Crippen LogP contribution in [0.25, 0.3) is 0 Å². The van der Waals surface area contributed by atoms with Gasteiger partial charge in [-0.3, -0.25) is 9.59 Å². The van der Waals surface area contributed by atoms with Crippen LogP contribution >= 0.6 is 0 Å². The van der Waals surface area contributed by atoms with Gasteiger partial charge >= 0.3 is 17.9 Å². The highest BCUT2D eigenvalue weighted by Crippen LogP contribution is 2.15. The van der Waals surface area contributed by atoms with Gasteiger partial charge in [-0.1, -0.05) is 220 Å². The highest BCUT2D eigenvalue weighted by Gasteiger charge is 2.25. The number of nitrogens with zero attached hydrogens (tertiary/aromatic N) is 1. The number of esters is 2. The summed E-state index contributed by atoms with van der Waals surface area (Å²) < 4.78 is 22.8. The third-order valence-corrected chi connectivity index (χ3v) is 12.3. The molecule has 0 saturated carbocycles. The number of hydrogen-bond donors (Lipinski definition) is 1. The van der Waals surface area contributed by atoms with E-state index in [4.69, 9.17) is 18.9 Å². The second-order valence-electron chi connectivity index (χ2n) is 20.6. The van der Waals surface area contributed by atoms with Gasteiger partial charge in [-0.2, -0.15) is 0 Å². The van der Waals surface area contributed by atoms with Crippen LogP contribution in [0.3, 0.4) is 0 Å². The van der Waals surface area contributed by atoms with Gasteiger partial charge in [0.1, 0.15) is 13.2 Å². The average Bonchev–Trinajstić information content (AvgIpc) is 3.37. The van der Waals surface area contributed by atoms with Crippen molar-refractivity contribution in [1.82, 2.24) is 0 Å². The molecule has 0 aromatic heterocycles. The lowest BCUT2D eigenvalue weighted by molar-refractivity contribution is -0.870. The van der Waals surface area contributed by atoms with Crippen LogP contribution in [0.1, 0.15) is 226 Å². The molecule has 0 aromatic rings. The van der Waals surface area contributed by atoms with Gasteiger partial charge in [0.2, 0.25) is 0 Å². The molecule has 74 heavy (non-hydrogen) atoms. The Hall–Kier alpha value is -4.05. The van der Waals surface area contributed by atoms with Gasteiger partial charge in [0.05, 0.1) is 34.4 Å². The fourth-order valence-electron chi connectivity index (χ4n) is 7.73. The number of carbonyl (C=O) groups excluding carboxylic acids is 2. The number of hydrogen-bond acceptors (Lipinski definition) is 7. The molecule has 0 radical (unpaired) electrons. The Balaban J connectivity index is 4.19. The van der Waals surface area contributed by atoms with Crippen molar-refractivity contribution in [2.45, 2.75) is 238 Å². The Kier molecular flexibility index (Phi) is 52.2. The summed E-state index contributed by atoms with van der Waals surface area (Å²) in [6, 6.07) is 0. The van der Waals surface area contributed by atoms with Gasteiger partial charge in [-0.05, 0) is 103 Å². The Morgan fingerprint density at radius 3 is 1.16 bits per heavy atom. The SMILES string of the molecule is CC/C=C\C/C=C\C/C=C\C/C=C\C/C=C\C/C=C\C/C=C\C/C=C\CCCCCCCCCCCCC(=O)OC(COC(=O)CCCCCCC/C=C\CCCCCCC)COC(OCC[N+](C)(C)C)C(=O)O. The van der Waals surface area contributed by atoms with Gasteiger partial charge < -0.3 is 28.5 Å². The van der Waals surface area contributed by atoms with Gasteiger partial charge in [-0.15, -0.1) is 0 Å². The van der Waals surface area contributed by atoms with E-state index < -0.39 is 24.3 Å². The maximum atomic E-state index is 12.9. The Labute approximate surface area is 454 Å². The third kappa shape index (κ3) is 55.7. The van der Waals surface area contributed by atoms with Gasteiger partial charge in [-0.25, -0.2) is 4.79 Å². The number of unbranched alkanes of at least 4 members (excludes halogenated alkanes) is 20. The molecule has 0 aromatic carbocycles. The predicted octanol–water partition coefficient (Wildman–Crippen LogP) is 17.5. The molecule has 0 saturated heterocycles. The monoisotopic (exact) mass is 1030 g/mol. The van der Waals surface area contributed by atoms with Crippen LogP contribution in [0.2, 0.25) is 0 Å². The van der Waals surface area contributed by atoms with Crippen LogP contribution < -0.4 is 0 Å². The van der Waals surface area contributed by atoms with E-state index in [2.05, 4.69) is 123 Å². The summed E-state index contributed by atoms with van der Waals surface area (Å²) in [7, 11) is 5.96. The highest BCUT2D eigenvalue weighted by molar-refractivity contribution is 5.71. The minimum Gasteiger partial charge on any atom is -0.477 e. The second-order valence-corrected chi connectivity index (χ2v) is 20.6. The summed E-state index contributed by atoms with van der Waals surface area (Å²) in [6.07, 6.45) is 73.1. The number of allylic oxidation sites excluding steroid dienone is 18. The summed E-state index contributed by atoms with van der Waals surface area (Å²) in [5, 5.41) is 9.69. The van der Waals surface area contributed by atoms with E-state index in [-0.39, 0.29) is 38.6 Å². The largest absolute Gasteiger partial charge is 0.477 e. The number of carboxylic acids is 1. The summed E-state index contributed by atoms with van der Waals surface area (Å²) in [5.41, 5.74) is 0. The molecule has 0 aliphatic rings. The first-order valence-corrected chi connectivity index (χ1v) is 29.6. The van der Waals surface area contributed by atoms with E-state index >= 15 is 0 Å². The van der Waals surface area contributed by atoms with E-state index in [9.17, 15) is 19.5 Å². The second kappa shape index (κ2) is 55.2. The van der Waals surface area contributed by atoms with Crippen molar-refractivity contribution in [1.29, 1.82) is 0 Å². The number of ether oxygens (including phenoxy) is 4. The summed E-state index contributed by atoms with van der Waals surface area (Å²) in [5.74, 6) is -2.03. The van der Waals surface area contributed by atoms with Crippen molar-refractivity contribution in [3.8, 4) is 0 Å². The van der Waals surface area contributed by atoms with E-state index in [1.165, 1.54) is 77.0 Å². The first-order valence-electron chi connectivity index (χ1n) is 29.6. The minimum atomic E-state index is -1.52. The molecule has 9 heteroatoms. The van der Waals surface area contributed by atoms with Crippen molar-refractivity contribution >= 4 is 17.9 Å². The zero-order valence-corrected chi connectivity index (χ0v) is 48.0. The van der Waals surface area contributed by atoms with E-state index in [1.54, 1.807) is 0 Å². The van der Waals surface area contributed by atoms with Crippen molar-refractivity contribution < 1.29 is 42.9 Å². The zero-order valence-electron chi connectivity index (χ0n) is 48.0. The molecule has 2 unspecified atom stereocenters. The maximum absolute atomic E-state index is 12.9. The average molecular weight is 1030 g/mol. The Morgan fingerprint density at radius 2 is 0.770 bits per heavy atom. The molecule has 0 fully saturated rings. The molecular weight excluding hydrogens is 923 g/mol. The number of aliphatic carboxylic acids is 1. The lowest BCUT2D eigenvalue weighted by Gasteiger charge is -2.25. The van der Waals surface area contributed by atoms with Gasteiger partial charge in [0, 0.05) is 12.8 Å². The molecule has 0 aliphatic heterocycles. The molecule has 0 amide bonds. The number of quaternary nitrogens is 1. The molecule has 9 nitrogen and oxygen atoms in total. The topological polar surface area (TPSA) is 108 Å². The fraction of sp³-hybridized carbons (Fsp3) is 0.677. The van der Waals surface area contributed by atoms with Crippen LogP contribution in [-0.2, 0) is 33.3 Å². The van der Waals surface area contributed by atoms with Crippen molar-refractivity contribution in [3.63, 3.8) is 0 Å². The summed E-state index contributed by atoms with van der Waals surface area (Å²) in [4.78, 5) is 37.4. The Bertz CT molecular complexity index is 1580. The van der Waals surface area contributed by atoms with Gasteiger partial charge in [0.15, 0.2) is 6.10 Å². The molecule has 0 bridgehead atoms. The summed E-state index contributed by atoms with van der Waals surface area (Å²) in [6.45, 7) is 4.73. The van der Waals surface area contributed by atoms with Crippen LogP contribution in [0, 0.1) is 0 Å². The highest BCUT2D eigenvalue weighted by atomic mass is 16.7. The van der Waals surface area contributed by atoms with Crippen LogP contribution in [0.5, 0.6) is 0 Å². The number of carboxylic acid groups (broad SMARTS) is 1. The van der Waals surface area contributed by atoms with E-state index in [0.29, 0.717) is 17.4 Å². The smallest absolute Gasteiger partial charge is 0.361 e. The molecule has 0 aliphatic carbocycles. The normalized spacial score (nSPS) is 13.6. The third-order valence-electron chi connectivity index (χ3n) is 12.3. The number of rotatable bonds is 53. The summed E-state index contributed by atoms with van der Waals surface area (Å²) >= 11 is 0. The standard InChI is InChI=1S/C65H109NO8/c1-6-8-10-12-14-16-18-20-22-23-24-25-26-27-28-29-30-31-32-33-34-35-36-37-38-39-40-41-42-44-46-48-50-52-54-56-63(68)74-61(60-73-65(64(69)70)71-58-57-66(3,4)5)59-72-62(67)55-53-51-49-47-45-43-21-19-17-15-13-11-9-7-2/h8,10,14,16,19-22,24-25,27-28,30-31,33-34,36-37,61,65H,6-7,9,11-13,15,17-18,23,26,29,32,35,38-60H2,1-5H3/p+1/b10-8-,16-14-,21-19-,22-20-,25-24-,28-27-,31-30-,34-33-,37-36-. The molecular formula is C65H110NO8+. The first-order chi connectivity index (χ1) is 36.1. The van der Waals surface area contributed by atoms with Crippen LogP contribution in [0.4, 0.5) is 0 Å². The first kappa shape index (κ1) is 70.0. The van der Waals surface area contributed by atoms with Crippen molar-refractivity contribution in [3.05, 3.63) is 109 Å². The van der Waals surface area contributed by atoms with E-state index in [0.717, 1.165) is 116 Å². The molecule has 0 rings (SSSR count). The molecule has 422 valence electrons. The zero-order chi connectivity index (χ0) is 54.1. The fourth-order valence-corrected chi connectivity index (χ4v) is 7.73. The van der Waals surface area contributed by atoms with Crippen molar-refractivity contribution in [2.75, 3.05) is 47.5 Å². The molecule has 1 N–H and O–H groups in total.